The van der Waals surface area contributed by atoms with Crippen molar-refractivity contribution in [2.45, 2.75) is 31.3 Å². The van der Waals surface area contributed by atoms with E-state index < -0.39 is 40.2 Å². The van der Waals surface area contributed by atoms with Crippen LogP contribution >= 0.6 is 11.6 Å². The Bertz CT molecular complexity index is 1070. The molecule has 2 aromatic carbocycles. The van der Waals surface area contributed by atoms with Gasteiger partial charge < -0.3 is 4.90 Å². The molecule has 0 bridgehead atoms. The van der Waals surface area contributed by atoms with Gasteiger partial charge in [0.05, 0.1) is 17.0 Å². The van der Waals surface area contributed by atoms with Crippen LogP contribution in [-0.2, 0) is 9.59 Å². The van der Waals surface area contributed by atoms with E-state index in [0.29, 0.717) is 12.8 Å². The lowest BCUT2D eigenvalue weighted by molar-refractivity contribution is -0.384. The molecule has 2 fully saturated rings. The van der Waals surface area contributed by atoms with Gasteiger partial charge in [0.15, 0.2) is 0 Å². The van der Waals surface area contributed by atoms with Crippen molar-refractivity contribution >= 4 is 40.7 Å². The lowest BCUT2D eigenvalue weighted by Crippen LogP contribution is -2.46. The van der Waals surface area contributed by atoms with Crippen LogP contribution in [0.3, 0.4) is 0 Å². The minimum absolute atomic E-state index is 0.0125. The lowest BCUT2D eigenvalue weighted by Gasteiger charge is -2.27. The SMILES string of the molecule is O=C1CC(N(C(=O)c2ccc(Cl)c([N+](=O)[O-])c2)C2CC2)C(=O)N1c1ccc(F)cc1. The summed E-state index contributed by atoms with van der Waals surface area (Å²) in [6, 6.07) is 7.33. The number of carbonyl (C=O) groups is 3. The van der Waals surface area contributed by atoms with Crippen LogP contribution in [0.25, 0.3) is 0 Å². The molecule has 1 aliphatic heterocycles. The standard InChI is InChI=1S/C20H15ClFN3O5/c21-15-8-1-11(9-16(15)25(29)30)19(27)23(13-6-7-13)17-10-18(26)24(20(17)28)14-4-2-12(22)3-5-14/h1-5,8-9,13,17H,6-7,10H2. The number of nitro benzene ring substituents is 1. The minimum atomic E-state index is -1.03. The predicted octanol–water partition coefficient (Wildman–Crippen LogP) is 3.32. The van der Waals surface area contributed by atoms with Gasteiger partial charge in [-0.25, -0.2) is 9.29 Å². The van der Waals surface area contributed by atoms with Gasteiger partial charge in [-0.2, -0.15) is 0 Å². The summed E-state index contributed by atoms with van der Waals surface area (Å²) in [5.41, 5.74) is -0.183. The van der Waals surface area contributed by atoms with E-state index in [4.69, 9.17) is 11.6 Å². The normalized spacial score (nSPS) is 18.6. The Balaban J connectivity index is 1.65. The average molecular weight is 432 g/mol. The number of hydrogen-bond acceptors (Lipinski definition) is 5. The number of hydrogen-bond donors (Lipinski definition) is 0. The highest BCUT2D eigenvalue weighted by Gasteiger charge is 2.49. The second-order valence-corrected chi connectivity index (χ2v) is 7.54. The highest BCUT2D eigenvalue weighted by atomic mass is 35.5. The Kier molecular flexibility index (Phi) is 4.98. The number of nitrogens with zero attached hydrogens (tertiary/aromatic N) is 3. The zero-order chi connectivity index (χ0) is 21.6. The van der Waals surface area contributed by atoms with E-state index in [0.717, 1.165) is 23.1 Å². The fourth-order valence-corrected chi connectivity index (χ4v) is 3.73. The van der Waals surface area contributed by atoms with Gasteiger partial charge in [0, 0.05) is 17.7 Å². The third-order valence-electron chi connectivity index (χ3n) is 5.11. The van der Waals surface area contributed by atoms with Crippen molar-refractivity contribution in [1.82, 2.24) is 4.90 Å². The molecule has 154 valence electrons. The van der Waals surface area contributed by atoms with Crippen LogP contribution in [0.15, 0.2) is 42.5 Å². The molecule has 2 aliphatic rings. The lowest BCUT2D eigenvalue weighted by atomic mass is 10.1. The van der Waals surface area contributed by atoms with E-state index in [-0.39, 0.29) is 28.7 Å². The first-order valence-electron chi connectivity index (χ1n) is 9.17. The molecular weight excluding hydrogens is 417 g/mol. The van der Waals surface area contributed by atoms with Gasteiger partial charge >= 0.3 is 0 Å². The van der Waals surface area contributed by atoms with E-state index in [9.17, 15) is 28.9 Å². The van der Waals surface area contributed by atoms with Crippen LogP contribution in [-0.4, -0.2) is 39.6 Å². The zero-order valence-electron chi connectivity index (χ0n) is 15.5. The molecule has 0 aromatic heterocycles. The molecule has 0 N–H and O–H groups in total. The third kappa shape index (κ3) is 3.52. The fourth-order valence-electron chi connectivity index (χ4n) is 3.54. The van der Waals surface area contributed by atoms with Crippen molar-refractivity contribution in [3.8, 4) is 0 Å². The number of rotatable bonds is 5. The minimum Gasteiger partial charge on any atom is -0.323 e. The molecule has 1 saturated heterocycles. The first-order valence-corrected chi connectivity index (χ1v) is 9.54. The molecule has 4 rings (SSSR count). The molecule has 30 heavy (non-hydrogen) atoms. The molecule has 0 spiro atoms. The highest BCUT2D eigenvalue weighted by Crippen LogP contribution is 2.36. The number of nitro groups is 1. The van der Waals surface area contributed by atoms with E-state index in [2.05, 4.69) is 0 Å². The maximum absolute atomic E-state index is 13.2. The average Bonchev–Trinajstić information content (AvgIpc) is 3.49. The van der Waals surface area contributed by atoms with Crippen LogP contribution in [0.4, 0.5) is 15.8 Å². The molecule has 8 nitrogen and oxygen atoms in total. The smallest absolute Gasteiger partial charge is 0.288 e. The summed E-state index contributed by atoms with van der Waals surface area (Å²) in [4.78, 5) is 51.5. The largest absolute Gasteiger partial charge is 0.323 e. The summed E-state index contributed by atoms with van der Waals surface area (Å²) in [6.45, 7) is 0. The third-order valence-corrected chi connectivity index (χ3v) is 5.43. The van der Waals surface area contributed by atoms with Crippen LogP contribution < -0.4 is 4.90 Å². The summed E-state index contributed by atoms with van der Waals surface area (Å²) in [5.74, 6) is -2.18. The van der Waals surface area contributed by atoms with Crippen LogP contribution in [0.1, 0.15) is 29.6 Å². The van der Waals surface area contributed by atoms with Gasteiger partial charge in [-0.05, 0) is 49.2 Å². The predicted molar refractivity (Wildman–Crippen MR) is 105 cm³/mol. The van der Waals surface area contributed by atoms with Crippen molar-refractivity contribution < 1.29 is 23.7 Å². The first-order chi connectivity index (χ1) is 14.3. The van der Waals surface area contributed by atoms with Crippen molar-refractivity contribution in [2.24, 2.45) is 0 Å². The van der Waals surface area contributed by atoms with Crippen LogP contribution in [0.2, 0.25) is 5.02 Å². The Labute approximate surface area is 175 Å². The summed E-state index contributed by atoms with van der Waals surface area (Å²) in [5, 5.41) is 11.0. The molecule has 10 heteroatoms. The number of imide groups is 1. The van der Waals surface area contributed by atoms with Crippen molar-refractivity contribution in [2.75, 3.05) is 4.90 Å². The second kappa shape index (κ2) is 7.49. The van der Waals surface area contributed by atoms with Gasteiger partial charge in [0.25, 0.3) is 17.5 Å². The van der Waals surface area contributed by atoms with Gasteiger partial charge in [0.2, 0.25) is 5.91 Å². The van der Waals surface area contributed by atoms with Crippen molar-refractivity contribution in [1.29, 1.82) is 0 Å². The van der Waals surface area contributed by atoms with E-state index >= 15 is 0 Å². The van der Waals surface area contributed by atoms with Crippen LogP contribution in [0, 0.1) is 15.9 Å². The molecular formula is C20H15ClFN3O5. The number of amides is 3. The summed E-state index contributed by atoms with van der Waals surface area (Å²) in [6.07, 6.45) is 1.11. The molecule has 1 atom stereocenters. The van der Waals surface area contributed by atoms with Gasteiger partial charge in [-0.15, -0.1) is 0 Å². The Morgan fingerprint density at radius 3 is 2.43 bits per heavy atom. The number of benzene rings is 2. The molecule has 2 aromatic rings. The maximum atomic E-state index is 13.2. The summed E-state index contributed by atoms with van der Waals surface area (Å²) < 4.78 is 13.2. The summed E-state index contributed by atoms with van der Waals surface area (Å²) >= 11 is 5.82. The van der Waals surface area contributed by atoms with Crippen molar-refractivity contribution in [3.05, 3.63) is 69.0 Å². The van der Waals surface area contributed by atoms with Crippen LogP contribution in [0.5, 0.6) is 0 Å². The van der Waals surface area contributed by atoms with Gasteiger partial charge in [-0.3, -0.25) is 24.5 Å². The molecule has 0 radical (unpaired) electrons. The monoisotopic (exact) mass is 431 g/mol. The van der Waals surface area contributed by atoms with E-state index in [1.165, 1.54) is 29.2 Å². The molecule has 1 saturated carbocycles. The van der Waals surface area contributed by atoms with Crippen molar-refractivity contribution in [3.63, 3.8) is 0 Å². The van der Waals surface area contributed by atoms with Gasteiger partial charge in [0.1, 0.15) is 16.9 Å². The Hall–Kier alpha value is -3.33. The fraction of sp³-hybridized carbons (Fsp3) is 0.250. The highest BCUT2D eigenvalue weighted by molar-refractivity contribution is 6.32. The van der Waals surface area contributed by atoms with Gasteiger partial charge in [-0.1, -0.05) is 11.6 Å². The quantitative estimate of drug-likeness (QED) is 0.410. The first kappa shape index (κ1) is 20.0. The zero-order valence-corrected chi connectivity index (χ0v) is 16.2. The maximum Gasteiger partial charge on any atom is 0.288 e. The second-order valence-electron chi connectivity index (χ2n) is 7.13. The molecule has 1 unspecified atom stereocenters. The van der Waals surface area contributed by atoms with E-state index in [1.807, 2.05) is 0 Å². The van der Waals surface area contributed by atoms with E-state index in [1.54, 1.807) is 0 Å². The molecule has 3 amide bonds. The Morgan fingerprint density at radius 1 is 1.17 bits per heavy atom. The Morgan fingerprint density at radius 2 is 1.83 bits per heavy atom. The summed E-state index contributed by atoms with van der Waals surface area (Å²) in [7, 11) is 0. The topological polar surface area (TPSA) is 101 Å². The number of carbonyl (C=O) groups excluding carboxylic acids is 3. The number of anilines is 1. The number of halogens is 2. The molecule has 1 heterocycles. The molecule has 1 aliphatic carbocycles.